The highest BCUT2D eigenvalue weighted by atomic mass is 35.5. The first-order valence-electron chi connectivity index (χ1n) is 5.71. The summed E-state index contributed by atoms with van der Waals surface area (Å²) in [5.41, 5.74) is 2.27. The van der Waals surface area contributed by atoms with Crippen LogP contribution in [-0.2, 0) is 7.05 Å². The Bertz CT molecular complexity index is 816. The number of rotatable bonds is 1. The molecule has 3 rings (SSSR count). The molecule has 5 heteroatoms. The molecule has 1 heterocycles. The second kappa shape index (κ2) is 4.44. The van der Waals surface area contributed by atoms with E-state index in [1.165, 1.54) is 0 Å². The van der Waals surface area contributed by atoms with Gasteiger partial charge in [0.2, 0.25) is 0 Å². The average Bonchev–Trinajstić information content (AvgIpc) is 2.63. The first-order valence-corrected chi connectivity index (χ1v) is 6.46. The van der Waals surface area contributed by atoms with E-state index < -0.39 is 0 Å². The van der Waals surface area contributed by atoms with Crippen LogP contribution in [0.4, 0.5) is 0 Å². The molecule has 3 aromatic rings. The van der Waals surface area contributed by atoms with Crippen molar-refractivity contribution in [3.63, 3.8) is 0 Å². The lowest BCUT2D eigenvalue weighted by atomic mass is 10.3. The number of halogens is 2. The van der Waals surface area contributed by atoms with Crippen LogP contribution in [0.5, 0.6) is 0 Å². The monoisotopic (exact) mass is 292 g/mol. The van der Waals surface area contributed by atoms with Gasteiger partial charge in [-0.05, 0) is 42.5 Å². The predicted octanol–water partition coefficient (Wildman–Crippen LogP) is 3.64. The second-order valence-corrected chi connectivity index (χ2v) is 5.16. The van der Waals surface area contributed by atoms with Crippen LogP contribution in [0.2, 0.25) is 10.0 Å². The zero-order chi connectivity index (χ0) is 13.6. The molecule has 1 aromatic heterocycles. The molecule has 0 N–H and O–H groups in total. The van der Waals surface area contributed by atoms with Gasteiger partial charge in [0.25, 0.3) is 0 Å². The Labute approximate surface area is 119 Å². The number of aromatic nitrogens is 2. The average molecular weight is 293 g/mol. The summed E-state index contributed by atoms with van der Waals surface area (Å²) in [7, 11) is 1.74. The van der Waals surface area contributed by atoms with E-state index in [0.29, 0.717) is 10.0 Å². The minimum absolute atomic E-state index is 0.111. The van der Waals surface area contributed by atoms with Gasteiger partial charge in [0.1, 0.15) is 0 Å². The van der Waals surface area contributed by atoms with Crippen LogP contribution >= 0.6 is 23.2 Å². The Kier molecular flexibility index (Phi) is 2.88. The predicted molar refractivity (Wildman–Crippen MR) is 78.5 cm³/mol. The summed E-state index contributed by atoms with van der Waals surface area (Å²) in [6.45, 7) is 0. The van der Waals surface area contributed by atoms with Crippen molar-refractivity contribution in [3.8, 4) is 5.69 Å². The number of nitrogens with zero attached hydrogens (tertiary/aromatic N) is 2. The zero-order valence-electron chi connectivity index (χ0n) is 10.1. The summed E-state index contributed by atoms with van der Waals surface area (Å²) in [5, 5.41) is 1.23. The third-order valence-electron chi connectivity index (χ3n) is 3.10. The number of benzene rings is 2. The molecular weight excluding hydrogens is 283 g/mol. The molecule has 0 atom stereocenters. The van der Waals surface area contributed by atoms with Gasteiger partial charge in [-0.1, -0.05) is 23.2 Å². The maximum absolute atomic E-state index is 12.3. The highest BCUT2D eigenvalue weighted by Gasteiger charge is 2.12. The minimum Gasteiger partial charge on any atom is -0.295 e. The maximum atomic E-state index is 12.3. The molecule has 0 aliphatic carbocycles. The Morgan fingerprint density at radius 3 is 2.21 bits per heavy atom. The van der Waals surface area contributed by atoms with Crippen molar-refractivity contribution in [2.45, 2.75) is 0 Å². The van der Waals surface area contributed by atoms with Crippen molar-refractivity contribution in [1.29, 1.82) is 0 Å². The van der Waals surface area contributed by atoms with Gasteiger partial charge in [0.05, 0.1) is 16.7 Å². The molecule has 3 nitrogen and oxygen atoms in total. The molecule has 96 valence electrons. The molecule has 0 aliphatic heterocycles. The fraction of sp³-hybridized carbons (Fsp3) is 0.0714. The molecule has 0 saturated heterocycles. The summed E-state index contributed by atoms with van der Waals surface area (Å²) in [5.74, 6) is 0. The van der Waals surface area contributed by atoms with Crippen LogP contribution in [0.1, 0.15) is 0 Å². The van der Waals surface area contributed by atoms with Crippen LogP contribution in [0.15, 0.2) is 47.3 Å². The van der Waals surface area contributed by atoms with E-state index in [9.17, 15) is 4.79 Å². The molecule has 0 fully saturated rings. The summed E-state index contributed by atoms with van der Waals surface area (Å²) in [4.78, 5) is 12.3. The number of fused-ring (bicyclic) bond motifs is 1. The van der Waals surface area contributed by atoms with Crippen LogP contribution in [-0.4, -0.2) is 9.13 Å². The van der Waals surface area contributed by atoms with Crippen molar-refractivity contribution in [2.75, 3.05) is 0 Å². The van der Waals surface area contributed by atoms with E-state index in [1.807, 2.05) is 18.2 Å². The highest BCUT2D eigenvalue weighted by molar-refractivity contribution is 6.31. The number of hydrogen-bond donors (Lipinski definition) is 0. The molecule has 0 saturated carbocycles. The molecule has 0 amide bonds. The standard InChI is InChI=1S/C14H10Cl2N2O/c1-17-12-7-4-10(16)8-13(12)18(14(17)19)11-5-2-9(15)3-6-11/h2-8H,1H3. The third kappa shape index (κ3) is 1.95. The summed E-state index contributed by atoms with van der Waals surface area (Å²) in [6.07, 6.45) is 0. The Balaban J connectivity index is 2.40. The van der Waals surface area contributed by atoms with E-state index in [0.717, 1.165) is 16.7 Å². The molecule has 19 heavy (non-hydrogen) atoms. The maximum Gasteiger partial charge on any atom is 0.333 e. The molecule has 2 aromatic carbocycles. The lowest BCUT2D eigenvalue weighted by Gasteiger charge is -2.03. The quantitative estimate of drug-likeness (QED) is 0.673. The SMILES string of the molecule is Cn1c(=O)n(-c2ccc(Cl)cc2)c2cc(Cl)ccc21. The molecule has 0 bridgehead atoms. The molecule has 0 spiro atoms. The van der Waals surface area contributed by atoms with Gasteiger partial charge in [-0.3, -0.25) is 9.13 Å². The van der Waals surface area contributed by atoms with Gasteiger partial charge in [-0.25, -0.2) is 4.79 Å². The number of imidazole rings is 1. The van der Waals surface area contributed by atoms with Gasteiger partial charge >= 0.3 is 5.69 Å². The molecule has 0 unspecified atom stereocenters. The zero-order valence-corrected chi connectivity index (χ0v) is 11.6. The largest absolute Gasteiger partial charge is 0.333 e. The van der Waals surface area contributed by atoms with Crippen LogP contribution in [0, 0.1) is 0 Å². The van der Waals surface area contributed by atoms with Crippen molar-refractivity contribution in [1.82, 2.24) is 9.13 Å². The van der Waals surface area contributed by atoms with E-state index >= 15 is 0 Å². The minimum atomic E-state index is -0.111. The van der Waals surface area contributed by atoms with Crippen molar-refractivity contribution in [3.05, 3.63) is 63.0 Å². The third-order valence-corrected chi connectivity index (χ3v) is 3.59. The van der Waals surface area contributed by atoms with Crippen molar-refractivity contribution in [2.24, 2.45) is 7.05 Å². The smallest absolute Gasteiger partial charge is 0.295 e. The van der Waals surface area contributed by atoms with Crippen LogP contribution < -0.4 is 5.69 Å². The Morgan fingerprint density at radius 2 is 1.53 bits per heavy atom. The van der Waals surface area contributed by atoms with E-state index in [1.54, 1.807) is 40.4 Å². The van der Waals surface area contributed by atoms with Gasteiger partial charge < -0.3 is 0 Å². The second-order valence-electron chi connectivity index (χ2n) is 4.29. The van der Waals surface area contributed by atoms with Crippen LogP contribution in [0.25, 0.3) is 16.7 Å². The van der Waals surface area contributed by atoms with E-state index in [4.69, 9.17) is 23.2 Å². The first kappa shape index (κ1) is 12.3. The first-order chi connectivity index (χ1) is 9.08. The molecule has 0 radical (unpaired) electrons. The summed E-state index contributed by atoms with van der Waals surface area (Å²) in [6, 6.07) is 12.5. The van der Waals surface area contributed by atoms with E-state index in [-0.39, 0.29) is 5.69 Å². The highest BCUT2D eigenvalue weighted by Crippen LogP contribution is 2.22. The molecular formula is C14H10Cl2N2O. The van der Waals surface area contributed by atoms with Crippen LogP contribution in [0.3, 0.4) is 0 Å². The van der Waals surface area contributed by atoms with Gasteiger partial charge in [-0.2, -0.15) is 0 Å². The van der Waals surface area contributed by atoms with Crippen molar-refractivity contribution >= 4 is 34.2 Å². The normalized spacial score (nSPS) is 11.1. The Hall–Kier alpha value is -1.71. The van der Waals surface area contributed by atoms with Crippen molar-refractivity contribution < 1.29 is 0 Å². The lowest BCUT2D eigenvalue weighted by Crippen LogP contribution is -2.20. The Morgan fingerprint density at radius 1 is 0.895 bits per heavy atom. The van der Waals surface area contributed by atoms with Gasteiger partial charge in [0.15, 0.2) is 0 Å². The van der Waals surface area contributed by atoms with Gasteiger partial charge in [-0.15, -0.1) is 0 Å². The summed E-state index contributed by atoms with van der Waals surface area (Å²) < 4.78 is 3.22. The fourth-order valence-corrected chi connectivity index (χ4v) is 2.45. The van der Waals surface area contributed by atoms with E-state index in [2.05, 4.69) is 0 Å². The topological polar surface area (TPSA) is 26.9 Å². The molecule has 0 aliphatic rings. The lowest BCUT2D eigenvalue weighted by molar-refractivity contribution is 0.846. The number of aryl methyl sites for hydroxylation is 1. The summed E-state index contributed by atoms with van der Waals surface area (Å²) >= 11 is 11.9. The van der Waals surface area contributed by atoms with Gasteiger partial charge in [0, 0.05) is 17.1 Å². The fourth-order valence-electron chi connectivity index (χ4n) is 2.16. The number of hydrogen-bond acceptors (Lipinski definition) is 1.